The highest BCUT2D eigenvalue weighted by Crippen LogP contribution is 2.13. The van der Waals surface area contributed by atoms with E-state index in [1.165, 1.54) is 4.90 Å². The number of amides is 2. The van der Waals surface area contributed by atoms with Crippen LogP contribution in [-0.4, -0.2) is 60.1 Å². The summed E-state index contributed by atoms with van der Waals surface area (Å²) in [6.45, 7) is 1.66. The van der Waals surface area contributed by atoms with Crippen LogP contribution < -0.4 is 11.1 Å². The van der Waals surface area contributed by atoms with E-state index in [1.54, 1.807) is 0 Å². The highest BCUT2D eigenvalue weighted by atomic mass is 19.4. The van der Waals surface area contributed by atoms with Crippen LogP contribution in [0.3, 0.4) is 0 Å². The number of hydrogen-bond donors (Lipinski definition) is 3. The van der Waals surface area contributed by atoms with Crippen LogP contribution in [0.1, 0.15) is 0 Å². The third-order valence-corrected chi connectivity index (χ3v) is 1.78. The molecule has 10 heteroatoms. The molecular formula is C8H12F3N3O4. The lowest BCUT2D eigenvalue weighted by molar-refractivity contribution is -0.192. The zero-order valence-electron chi connectivity index (χ0n) is 9.16. The number of halogens is 3. The second-order valence-electron chi connectivity index (χ2n) is 3.26. The molecule has 1 aliphatic heterocycles. The average Bonchev–Trinajstić information content (AvgIpc) is 2.20. The number of nitrogens with zero attached hydrogens (tertiary/aromatic N) is 1. The van der Waals surface area contributed by atoms with E-state index in [4.69, 9.17) is 15.6 Å². The van der Waals surface area contributed by atoms with E-state index in [1.807, 2.05) is 0 Å². The first-order valence-corrected chi connectivity index (χ1v) is 4.71. The molecule has 0 aromatic heterocycles. The normalized spacial score (nSPS) is 15.7. The molecule has 0 atom stereocenters. The van der Waals surface area contributed by atoms with Gasteiger partial charge in [0.2, 0.25) is 11.8 Å². The van der Waals surface area contributed by atoms with E-state index in [-0.39, 0.29) is 12.5 Å². The van der Waals surface area contributed by atoms with Crippen molar-refractivity contribution in [3.63, 3.8) is 0 Å². The first kappa shape index (κ1) is 16.2. The summed E-state index contributed by atoms with van der Waals surface area (Å²) in [6, 6.07) is 0. The minimum absolute atomic E-state index is 0.0422. The Morgan fingerprint density at radius 2 is 1.94 bits per heavy atom. The fourth-order valence-electron chi connectivity index (χ4n) is 1.00. The van der Waals surface area contributed by atoms with Gasteiger partial charge in [0.25, 0.3) is 0 Å². The van der Waals surface area contributed by atoms with Gasteiger partial charge >= 0.3 is 12.1 Å². The first-order chi connectivity index (χ1) is 8.14. The molecule has 2 amide bonds. The summed E-state index contributed by atoms with van der Waals surface area (Å²) in [5, 5.41) is 10.0. The molecule has 7 nitrogen and oxygen atoms in total. The zero-order chi connectivity index (χ0) is 14.3. The molecule has 1 heterocycles. The molecule has 0 saturated carbocycles. The molecule has 0 aromatic rings. The van der Waals surface area contributed by atoms with Gasteiger partial charge in [-0.15, -0.1) is 0 Å². The molecule has 0 spiro atoms. The number of alkyl halides is 3. The number of carboxylic acids is 1. The minimum Gasteiger partial charge on any atom is -0.475 e. The van der Waals surface area contributed by atoms with Gasteiger partial charge in [0, 0.05) is 13.1 Å². The Balaban J connectivity index is 0.000000360. The monoisotopic (exact) mass is 271 g/mol. The van der Waals surface area contributed by atoms with Gasteiger partial charge in [0.1, 0.15) is 0 Å². The Bertz CT molecular complexity index is 332. The van der Waals surface area contributed by atoms with Crippen LogP contribution in [0.25, 0.3) is 0 Å². The maximum atomic E-state index is 11.0. The summed E-state index contributed by atoms with van der Waals surface area (Å²) in [7, 11) is 0. The molecule has 4 N–H and O–H groups in total. The lowest BCUT2D eigenvalue weighted by atomic mass is 10.3. The molecule has 18 heavy (non-hydrogen) atoms. The maximum absolute atomic E-state index is 11.0. The molecule has 104 valence electrons. The van der Waals surface area contributed by atoms with Gasteiger partial charge in [-0.3, -0.25) is 9.59 Å². The second kappa shape index (κ2) is 6.79. The van der Waals surface area contributed by atoms with Crippen molar-refractivity contribution in [2.45, 2.75) is 6.18 Å². The standard InChI is InChI=1S/C6H11N3O2.C2HF3O2/c7-5(10)4-9-2-1-8-3-6(9)11;3-2(4,5)1(6)7/h8H,1-4H2,(H2,7,10);(H,6,7). The number of nitrogens with two attached hydrogens (primary N) is 1. The molecule has 1 rings (SSSR count). The number of carboxylic acid groups (broad SMARTS) is 1. The van der Waals surface area contributed by atoms with Gasteiger partial charge in [0.15, 0.2) is 0 Å². The van der Waals surface area contributed by atoms with Gasteiger partial charge in [0.05, 0.1) is 13.1 Å². The molecule has 1 saturated heterocycles. The number of primary amides is 1. The van der Waals surface area contributed by atoms with Crippen LogP contribution in [0, 0.1) is 0 Å². The molecular weight excluding hydrogens is 259 g/mol. The summed E-state index contributed by atoms with van der Waals surface area (Å²) < 4.78 is 31.7. The van der Waals surface area contributed by atoms with E-state index >= 15 is 0 Å². The second-order valence-corrected chi connectivity index (χ2v) is 3.26. The number of carbonyl (C=O) groups excluding carboxylic acids is 2. The molecule has 1 aliphatic rings. The largest absolute Gasteiger partial charge is 0.490 e. The quantitative estimate of drug-likeness (QED) is 0.568. The Kier molecular flexibility index (Phi) is 6.09. The summed E-state index contributed by atoms with van der Waals surface area (Å²) in [5.41, 5.74) is 4.93. The van der Waals surface area contributed by atoms with Crippen LogP contribution in [0.5, 0.6) is 0 Å². The van der Waals surface area contributed by atoms with Crippen LogP contribution in [0.15, 0.2) is 0 Å². The Morgan fingerprint density at radius 1 is 1.44 bits per heavy atom. The van der Waals surface area contributed by atoms with E-state index in [9.17, 15) is 22.8 Å². The van der Waals surface area contributed by atoms with Crippen LogP contribution >= 0.6 is 0 Å². The van der Waals surface area contributed by atoms with Gasteiger partial charge in [-0.2, -0.15) is 13.2 Å². The number of nitrogens with one attached hydrogen (secondary N) is 1. The highest BCUT2D eigenvalue weighted by Gasteiger charge is 2.38. The van der Waals surface area contributed by atoms with Gasteiger partial charge in [-0.1, -0.05) is 0 Å². The molecule has 1 fully saturated rings. The van der Waals surface area contributed by atoms with Gasteiger partial charge in [-0.05, 0) is 0 Å². The van der Waals surface area contributed by atoms with E-state index in [0.29, 0.717) is 13.1 Å². The van der Waals surface area contributed by atoms with E-state index in [0.717, 1.165) is 6.54 Å². The molecule has 0 radical (unpaired) electrons. The van der Waals surface area contributed by atoms with Crippen molar-refractivity contribution in [2.24, 2.45) is 5.73 Å². The Morgan fingerprint density at radius 3 is 2.28 bits per heavy atom. The predicted octanol–water partition coefficient (Wildman–Crippen LogP) is -1.46. The van der Waals surface area contributed by atoms with Crippen molar-refractivity contribution in [2.75, 3.05) is 26.2 Å². The average molecular weight is 271 g/mol. The number of hydrogen-bond acceptors (Lipinski definition) is 4. The van der Waals surface area contributed by atoms with E-state index in [2.05, 4.69) is 5.32 Å². The zero-order valence-corrected chi connectivity index (χ0v) is 9.16. The predicted molar refractivity (Wildman–Crippen MR) is 52.3 cm³/mol. The van der Waals surface area contributed by atoms with Crippen molar-refractivity contribution < 1.29 is 32.7 Å². The van der Waals surface area contributed by atoms with Crippen LogP contribution in [0.2, 0.25) is 0 Å². The lowest BCUT2D eigenvalue weighted by Gasteiger charge is -2.25. The minimum atomic E-state index is -5.08. The van der Waals surface area contributed by atoms with Crippen molar-refractivity contribution in [1.82, 2.24) is 10.2 Å². The molecule has 0 aromatic carbocycles. The Hall–Kier alpha value is -1.84. The van der Waals surface area contributed by atoms with Crippen molar-refractivity contribution in [3.05, 3.63) is 0 Å². The topological polar surface area (TPSA) is 113 Å². The third-order valence-electron chi connectivity index (χ3n) is 1.78. The Labute approximate surface area is 99.7 Å². The summed E-state index contributed by atoms with van der Waals surface area (Å²) in [6.07, 6.45) is -5.08. The van der Waals surface area contributed by atoms with Crippen LogP contribution in [0.4, 0.5) is 13.2 Å². The van der Waals surface area contributed by atoms with Crippen molar-refractivity contribution >= 4 is 17.8 Å². The smallest absolute Gasteiger partial charge is 0.475 e. The van der Waals surface area contributed by atoms with E-state index < -0.39 is 18.1 Å². The summed E-state index contributed by atoms with van der Waals surface area (Å²) in [4.78, 5) is 31.8. The van der Waals surface area contributed by atoms with Crippen molar-refractivity contribution in [1.29, 1.82) is 0 Å². The summed E-state index contributed by atoms with van der Waals surface area (Å²) >= 11 is 0. The van der Waals surface area contributed by atoms with Crippen LogP contribution in [-0.2, 0) is 14.4 Å². The third kappa shape index (κ3) is 6.68. The number of carbonyl (C=O) groups is 3. The maximum Gasteiger partial charge on any atom is 0.490 e. The van der Waals surface area contributed by atoms with Gasteiger partial charge < -0.3 is 21.1 Å². The summed E-state index contributed by atoms with van der Waals surface area (Å²) in [5.74, 6) is -3.28. The lowest BCUT2D eigenvalue weighted by Crippen LogP contribution is -2.50. The number of piperazine rings is 1. The first-order valence-electron chi connectivity index (χ1n) is 4.71. The van der Waals surface area contributed by atoms with Gasteiger partial charge in [-0.25, -0.2) is 4.79 Å². The fourth-order valence-corrected chi connectivity index (χ4v) is 1.00. The molecule has 0 aliphatic carbocycles. The number of rotatable bonds is 2. The SMILES string of the molecule is NC(=O)CN1CCNCC1=O.O=C(O)C(F)(F)F. The molecule has 0 bridgehead atoms. The highest BCUT2D eigenvalue weighted by molar-refractivity contribution is 5.85. The number of aliphatic carboxylic acids is 1. The molecule has 0 unspecified atom stereocenters. The fraction of sp³-hybridized carbons (Fsp3) is 0.625. The van der Waals surface area contributed by atoms with Crippen molar-refractivity contribution in [3.8, 4) is 0 Å².